The predicted molar refractivity (Wildman–Crippen MR) is 105 cm³/mol. The molecule has 0 aliphatic carbocycles. The predicted octanol–water partition coefficient (Wildman–Crippen LogP) is 2.29. The van der Waals surface area contributed by atoms with Crippen LogP contribution in [0.15, 0.2) is 59.5 Å². The number of methoxy groups -OCH3 is 1. The van der Waals surface area contributed by atoms with E-state index in [0.29, 0.717) is 25.1 Å². The molecule has 1 atom stereocenters. The molecular formula is C20H22N2O5S. The minimum Gasteiger partial charge on any atom is -0.467 e. The molecule has 0 N–H and O–H groups in total. The van der Waals surface area contributed by atoms with E-state index in [9.17, 15) is 18.0 Å². The van der Waals surface area contributed by atoms with Gasteiger partial charge in [-0.25, -0.2) is 13.2 Å². The van der Waals surface area contributed by atoms with Gasteiger partial charge in [0.25, 0.3) is 15.9 Å². The van der Waals surface area contributed by atoms with Crippen molar-refractivity contribution >= 4 is 27.6 Å². The lowest BCUT2D eigenvalue weighted by molar-refractivity contribution is -0.145. The largest absolute Gasteiger partial charge is 0.467 e. The van der Waals surface area contributed by atoms with E-state index in [1.807, 2.05) is 0 Å². The van der Waals surface area contributed by atoms with E-state index in [4.69, 9.17) is 4.74 Å². The van der Waals surface area contributed by atoms with Crippen LogP contribution in [0.25, 0.3) is 0 Å². The number of esters is 1. The normalized spacial score (nSPS) is 16.6. The van der Waals surface area contributed by atoms with Crippen LogP contribution in [0.3, 0.4) is 0 Å². The Morgan fingerprint density at radius 2 is 1.82 bits per heavy atom. The number of ether oxygens (including phenoxy) is 1. The molecule has 28 heavy (non-hydrogen) atoms. The number of nitrogens with zero attached hydrogens (tertiary/aromatic N) is 2. The van der Waals surface area contributed by atoms with Crippen molar-refractivity contribution in [1.29, 1.82) is 0 Å². The van der Waals surface area contributed by atoms with Crippen molar-refractivity contribution in [3.63, 3.8) is 0 Å². The second-order valence-electron chi connectivity index (χ2n) is 6.52. The van der Waals surface area contributed by atoms with Crippen LogP contribution in [0, 0.1) is 0 Å². The summed E-state index contributed by atoms with van der Waals surface area (Å²) in [6, 6.07) is 13.9. The summed E-state index contributed by atoms with van der Waals surface area (Å²) >= 11 is 0. The molecule has 2 aromatic rings. The van der Waals surface area contributed by atoms with Crippen LogP contribution in [0.2, 0.25) is 0 Å². The standard InChI is InChI=1S/C20H22N2O5S/c1-21(16-9-4-3-5-10-16)28(25,26)17-11-6-8-15(14-17)19(23)22-13-7-12-18(22)20(24)27-2/h3-6,8-11,14,18H,7,12-13H2,1-2H3/t18-/m1/s1. The number of para-hydroxylation sites is 1. The van der Waals surface area contributed by atoms with Gasteiger partial charge in [-0.1, -0.05) is 24.3 Å². The molecule has 1 aliphatic heterocycles. The number of benzene rings is 2. The molecule has 0 aromatic heterocycles. The van der Waals surface area contributed by atoms with Gasteiger partial charge in [-0.3, -0.25) is 9.10 Å². The van der Waals surface area contributed by atoms with Gasteiger partial charge in [0.2, 0.25) is 0 Å². The molecule has 0 spiro atoms. The minimum atomic E-state index is -3.84. The Hall–Kier alpha value is -2.87. The van der Waals surface area contributed by atoms with E-state index >= 15 is 0 Å². The number of rotatable bonds is 5. The van der Waals surface area contributed by atoms with E-state index in [1.54, 1.807) is 36.4 Å². The highest BCUT2D eigenvalue weighted by Gasteiger charge is 2.35. The SMILES string of the molecule is COC(=O)[C@H]1CCCN1C(=O)c1cccc(S(=O)(=O)N(C)c2ccccc2)c1. The summed E-state index contributed by atoms with van der Waals surface area (Å²) in [7, 11) is -1.08. The number of likely N-dealkylation sites (tertiary alicyclic amines) is 1. The van der Waals surface area contributed by atoms with E-state index in [0.717, 1.165) is 0 Å². The maximum Gasteiger partial charge on any atom is 0.328 e. The highest BCUT2D eigenvalue weighted by atomic mass is 32.2. The maximum atomic E-state index is 13.0. The average molecular weight is 402 g/mol. The molecule has 0 unspecified atom stereocenters. The Morgan fingerprint density at radius 3 is 2.50 bits per heavy atom. The lowest BCUT2D eigenvalue weighted by atomic mass is 10.1. The lowest BCUT2D eigenvalue weighted by Gasteiger charge is -2.23. The summed E-state index contributed by atoms with van der Waals surface area (Å²) < 4.78 is 31.9. The molecule has 1 aliphatic rings. The van der Waals surface area contributed by atoms with Crippen LogP contribution in [0.4, 0.5) is 5.69 Å². The fourth-order valence-corrected chi connectivity index (χ4v) is 4.52. The fourth-order valence-electron chi connectivity index (χ4n) is 3.28. The van der Waals surface area contributed by atoms with Gasteiger partial charge in [0.05, 0.1) is 17.7 Å². The number of anilines is 1. The summed E-state index contributed by atoms with van der Waals surface area (Å²) in [6.07, 6.45) is 1.23. The summed E-state index contributed by atoms with van der Waals surface area (Å²) in [6.45, 7) is 0.430. The third kappa shape index (κ3) is 3.73. The molecule has 148 valence electrons. The summed E-state index contributed by atoms with van der Waals surface area (Å²) in [5.41, 5.74) is 0.739. The zero-order valence-electron chi connectivity index (χ0n) is 15.7. The van der Waals surface area contributed by atoms with Crippen LogP contribution >= 0.6 is 0 Å². The number of amides is 1. The van der Waals surface area contributed by atoms with Gasteiger partial charge in [0.1, 0.15) is 6.04 Å². The number of hydrogen-bond acceptors (Lipinski definition) is 5. The van der Waals surface area contributed by atoms with Gasteiger partial charge >= 0.3 is 5.97 Å². The molecular weight excluding hydrogens is 380 g/mol. The van der Waals surface area contributed by atoms with E-state index in [1.165, 1.54) is 41.6 Å². The van der Waals surface area contributed by atoms with Crippen LogP contribution in [0.5, 0.6) is 0 Å². The van der Waals surface area contributed by atoms with E-state index in [2.05, 4.69) is 0 Å². The van der Waals surface area contributed by atoms with Crippen molar-refractivity contribution in [2.24, 2.45) is 0 Å². The molecule has 0 saturated carbocycles. The zero-order valence-corrected chi connectivity index (χ0v) is 16.6. The van der Waals surface area contributed by atoms with Crippen LogP contribution in [-0.2, 0) is 19.6 Å². The Balaban J connectivity index is 1.90. The molecule has 0 radical (unpaired) electrons. The van der Waals surface area contributed by atoms with Crippen molar-refractivity contribution in [2.45, 2.75) is 23.8 Å². The molecule has 3 rings (SSSR count). The first-order chi connectivity index (χ1) is 13.4. The third-order valence-corrected chi connectivity index (χ3v) is 6.63. The summed E-state index contributed by atoms with van der Waals surface area (Å²) in [4.78, 5) is 26.3. The van der Waals surface area contributed by atoms with Crippen LogP contribution in [-0.4, -0.2) is 51.9 Å². The Labute approximate surface area is 164 Å². The molecule has 7 nitrogen and oxygen atoms in total. The molecule has 8 heteroatoms. The van der Waals surface area contributed by atoms with Gasteiger partial charge in [-0.05, 0) is 43.2 Å². The van der Waals surface area contributed by atoms with Gasteiger partial charge in [-0.15, -0.1) is 0 Å². The van der Waals surface area contributed by atoms with Crippen molar-refractivity contribution in [2.75, 3.05) is 25.0 Å². The molecule has 1 heterocycles. The van der Waals surface area contributed by atoms with E-state index < -0.39 is 22.0 Å². The van der Waals surface area contributed by atoms with Gasteiger partial charge in [0.15, 0.2) is 0 Å². The quantitative estimate of drug-likeness (QED) is 0.717. The Morgan fingerprint density at radius 1 is 1.11 bits per heavy atom. The van der Waals surface area contributed by atoms with Crippen molar-refractivity contribution < 1.29 is 22.7 Å². The van der Waals surface area contributed by atoms with Gasteiger partial charge in [0, 0.05) is 19.2 Å². The number of carbonyl (C=O) groups excluding carboxylic acids is 2. The van der Waals surface area contributed by atoms with Crippen LogP contribution in [0.1, 0.15) is 23.2 Å². The first-order valence-electron chi connectivity index (χ1n) is 8.89. The van der Waals surface area contributed by atoms with Gasteiger partial charge < -0.3 is 9.64 Å². The minimum absolute atomic E-state index is 0.0125. The molecule has 1 amide bonds. The highest BCUT2D eigenvalue weighted by Crippen LogP contribution is 2.25. The topological polar surface area (TPSA) is 84.0 Å². The highest BCUT2D eigenvalue weighted by molar-refractivity contribution is 7.92. The third-order valence-electron chi connectivity index (χ3n) is 4.85. The second kappa shape index (κ2) is 8.02. The summed E-state index contributed by atoms with van der Waals surface area (Å²) in [5.74, 6) is -0.842. The average Bonchev–Trinajstić information content (AvgIpc) is 3.22. The molecule has 0 bridgehead atoms. The van der Waals surface area contributed by atoms with Crippen molar-refractivity contribution in [3.05, 3.63) is 60.2 Å². The van der Waals surface area contributed by atoms with Crippen LogP contribution < -0.4 is 4.31 Å². The first kappa shape index (κ1) is 19.9. The van der Waals surface area contributed by atoms with E-state index in [-0.39, 0.29) is 16.4 Å². The monoisotopic (exact) mass is 402 g/mol. The Bertz CT molecular complexity index is 975. The second-order valence-corrected chi connectivity index (χ2v) is 8.48. The zero-order chi connectivity index (χ0) is 20.3. The maximum absolute atomic E-state index is 13.0. The molecule has 1 saturated heterocycles. The number of carbonyl (C=O) groups is 2. The first-order valence-corrected chi connectivity index (χ1v) is 10.3. The Kier molecular flexibility index (Phi) is 5.69. The molecule has 1 fully saturated rings. The van der Waals surface area contributed by atoms with Crippen molar-refractivity contribution in [3.8, 4) is 0 Å². The molecule has 2 aromatic carbocycles. The lowest BCUT2D eigenvalue weighted by Crippen LogP contribution is -2.41. The smallest absolute Gasteiger partial charge is 0.328 e. The summed E-state index contributed by atoms with van der Waals surface area (Å²) in [5, 5.41) is 0. The van der Waals surface area contributed by atoms with Gasteiger partial charge in [-0.2, -0.15) is 0 Å². The van der Waals surface area contributed by atoms with Crippen molar-refractivity contribution in [1.82, 2.24) is 4.90 Å². The number of sulfonamides is 1. The number of hydrogen-bond donors (Lipinski definition) is 0. The fraction of sp³-hybridized carbons (Fsp3) is 0.300.